The highest BCUT2D eigenvalue weighted by Crippen LogP contribution is 2.55. The maximum Gasteiger partial charge on any atom is 0.288 e. The molecule has 0 spiro atoms. The molecule has 11 heteroatoms. The van der Waals surface area contributed by atoms with Crippen molar-refractivity contribution in [3.8, 4) is 0 Å². The molecule has 1 amide bonds. The molecule has 0 saturated heterocycles. The SMILES string of the molecule is O=C1C(C2=NS(=O)(=O)c3cc(Br)cnc3N2)=C(O)C2C([C@@H]3CC[C@H]2C3)N1Cc1ccc(F)cc1. The largest absolute Gasteiger partial charge is 0.511 e. The van der Waals surface area contributed by atoms with Crippen LogP contribution in [0.15, 0.2) is 61.6 Å². The van der Waals surface area contributed by atoms with E-state index in [0.717, 1.165) is 24.8 Å². The number of carbonyl (C=O) groups is 1. The molecule has 2 aliphatic heterocycles. The van der Waals surface area contributed by atoms with Crippen molar-refractivity contribution in [1.29, 1.82) is 0 Å². The van der Waals surface area contributed by atoms with Crippen molar-refractivity contribution >= 4 is 43.5 Å². The molecular weight excluding hydrogens is 527 g/mol. The molecule has 3 heterocycles. The Morgan fingerprint density at radius 3 is 2.71 bits per heavy atom. The molecule has 2 aromatic rings. The van der Waals surface area contributed by atoms with Gasteiger partial charge in [-0.05, 0) is 70.8 Å². The molecule has 0 radical (unpaired) electrons. The van der Waals surface area contributed by atoms with Gasteiger partial charge in [-0.2, -0.15) is 8.42 Å². The molecule has 176 valence electrons. The summed E-state index contributed by atoms with van der Waals surface area (Å²) in [4.78, 5) is 19.5. The maximum atomic E-state index is 13.8. The third-order valence-electron chi connectivity index (χ3n) is 7.33. The quantitative estimate of drug-likeness (QED) is 0.606. The van der Waals surface area contributed by atoms with E-state index in [-0.39, 0.29) is 64.0 Å². The second-order valence-electron chi connectivity index (χ2n) is 9.21. The first-order valence-electron chi connectivity index (χ1n) is 11.0. The highest BCUT2D eigenvalue weighted by molar-refractivity contribution is 9.10. The summed E-state index contributed by atoms with van der Waals surface area (Å²) >= 11 is 3.21. The molecule has 4 aliphatic rings. The molecule has 34 heavy (non-hydrogen) atoms. The molecular formula is C23H20BrFN4O4S. The first-order valence-corrected chi connectivity index (χ1v) is 13.2. The highest BCUT2D eigenvalue weighted by atomic mass is 79.9. The Morgan fingerprint density at radius 2 is 1.94 bits per heavy atom. The van der Waals surface area contributed by atoms with Gasteiger partial charge < -0.3 is 15.3 Å². The minimum absolute atomic E-state index is 0.0430. The number of hydrogen-bond donors (Lipinski definition) is 2. The first-order chi connectivity index (χ1) is 16.2. The summed E-state index contributed by atoms with van der Waals surface area (Å²) in [5.74, 6) is -0.996. The second-order valence-corrected chi connectivity index (χ2v) is 11.7. The number of hydrogen-bond acceptors (Lipinski definition) is 6. The lowest BCUT2D eigenvalue weighted by atomic mass is 9.77. The number of benzene rings is 1. The van der Waals surface area contributed by atoms with E-state index in [1.54, 1.807) is 17.0 Å². The predicted octanol–water partition coefficient (Wildman–Crippen LogP) is 3.77. The number of aromatic nitrogens is 1. The van der Waals surface area contributed by atoms with E-state index in [0.29, 0.717) is 4.47 Å². The number of anilines is 1. The predicted molar refractivity (Wildman–Crippen MR) is 125 cm³/mol. The molecule has 8 nitrogen and oxygen atoms in total. The summed E-state index contributed by atoms with van der Waals surface area (Å²) < 4.78 is 43.6. The number of pyridine rings is 1. The van der Waals surface area contributed by atoms with E-state index < -0.39 is 15.9 Å². The van der Waals surface area contributed by atoms with Gasteiger partial charge in [-0.15, -0.1) is 4.40 Å². The number of rotatable bonds is 3. The normalized spacial score (nSPS) is 28.9. The fourth-order valence-corrected chi connectivity index (χ4v) is 7.54. The van der Waals surface area contributed by atoms with Crippen LogP contribution in [-0.4, -0.2) is 41.2 Å². The summed E-state index contributed by atoms with van der Waals surface area (Å²) in [5.41, 5.74) is 0.606. The minimum Gasteiger partial charge on any atom is -0.511 e. The Balaban J connectivity index is 1.45. The molecule has 2 saturated carbocycles. The van der Waals surface area contributed by atoms with Gasteiger partial charge in [-0.25, -0.2) is 9.37 Å². The van der Waals surface area contributed by atoms with Crippen LogP contribution in [0.2, 0.25) is 0 Å². The Hall–Kier alpha value is -2.79. The second kappa shape index (κ2) is 7.61. The number of sulfonamides is 1. The fraction of sp³-hybridized carbons (Fsp3) is 0.348. The number of aliphatic hydroxyl groups excluding tert-OH is 1. The smallest absolute Gasteiger partial charge is 0.288 e. The van der Waals surface area contributed by atoms with Gasteiger partial charge in [-0.3, -0.25) is 4.79 Å². The number of aliphatic hydroxyl groups is 1. The number of carbonyl (C=O) groups excluding carboxylic acids is 1. The van der Waals surface area contributed by atoms with Gasteiger partial charge in [0.1, 0.15) is 22.0 Å². The van der Waals surface area contributed by atoms with E-state index in [9.17, 15) is 22.7 Å². The van der Waals surface area contributed by atoms with Crippen LogP contribution in [0.3, 0.4) is 0 Å². The molecule has 6 rings (SSSR count). The summed E-state index contributed by atoms with van der Waals surface area (Å²) in [6.45, 7) is 0.224. The molecule has 1 aromatic carbocycles. The monoisotopic (exact) mass is 546 g/mol. The van der Waals surface area contributed by atoms with E-state index in [1.165, 1.54) is 24.4 Å². The number of fused-ring (bicyclic) bond motifs is 6. The van der Waals surface area contributed by atoms with Crippen molar-refractivity contribution in [3.63, 3.8) is 0 Å². The van der Waals surface area contributed by atoms with E-state index in [4.69, 9.17) is 0 Å². The number of halogens is 2. The van der Waals surface area contributed by atoms with Gasteiger partial charge in [0.05, 0.1) is 0 Å². The fourth-order valence-electron chi connectivity index (χ4n) is 5.96. The zero-order valence-corrected chi connectivity index (χ0v) is 20.2. The van der Waals surface area contributed by atoms with Crippen molar-refractivity contribution in [3.05, 3.63) is 63.7 Å². The van der Waals surface area contributed by atoms with Crippen molar-refractivity contribution in [2.45, 2.75) is 36.7 Å². The summed E-state index contributed by atoms with van der Waals surface area (Å²) in [6.07, 6.45) is 4.25. The maximum absolute atomic E-state index is 13.8. The summed E-state index contributed by atoms with van der Waals surface area (Å²) in [6, 6.07) is 7.13. The zero-order chi connectivity index (χ0) is 23.8. The van der Waals surface area contributed by atoms with Gasteiger partial charge in [0, 0.05) is 29.2 Å². The summed E-state index contributed by atoms with van der Waals surface area (Å²) in [7, 11) is -4.15. The minimum atomic E-state index is -4.15. The number of amidine groups is 1. The van der Waals surface area contributed by atoms with Crippen molar-refractivity contribution in [1.82, 2.24) is 9.88 Å². The lowest BCUT2D eigenvalue weighted by molar-refractivity contribution is -0.134. The molecule has 4 atom stereocenters. The van der Waals surface area contributed by atoms with Crippen LogP contribution in [-0.2, 0) is 21.4 Å². The van der Waals surface area contributed by atoms with E-state index >= 15 is 0 Å². The molecule has 2 N–H and O–H groups in total. The van der Waals surface area contributed by atoms with E-state index in [1.807, 2.05) is 0 Å². The van der Waals surface area contributed by atoms with Crippen LogP contribution < -0.4 is 5.32 Å². The number of nitrogens with one attached hydrogen (secondary N) is 1. The van der Waals surface area contributed by atoms with Gasteiger partial charge in [0.25, 0.3) is 15.9 Å². The average molecular weight is 547 g/mol. The van der Waals surface area contributed by atoms with Gasteiger partial charge >= 0.3 is 0 Å². The third kappa shape index (κ3) is 3.28. The summed E-state index contributed by atoms with van der Waals surface area (Å²) in [5, 5.41) is 14.2. The molecule has 1 aromatic heterocycles. The Kier molecular flexibility index (Phi) is 4.86. The van der Waals surface area contributed by atoms with Crippen LogP contribution in [0.25, 0.3) is 0 Å². The third-order valence-corrected chi connectivity index (χ3v) is 9.05. The number of amides is 1. The highest BCUT2D eigenvalue weighted by Gasteiger charge is 2.57. The molecule has 2 fully saturated rings. The zero-order valence-electron chi connectivity index (χ0n) is 17.8. The number of nitrogens with zero attached hydrogens (tertiary/aromatic N) is 3. The van der Waals surface area contributed by atoms with Crippen molar-refractivity contribution in [2.24, 2.45) is 22.2 Å². The average Bonchev–Trinajstić information content (AvgIpc) is 3.40. The molecule has 2 aliphatic carbocycles. The lowest BCUT2D eigenvalue weighted by Crippen LogP contribution is -2.53. The van der Waals surface area contributed by atoms with E-state index in [2.05, 4.69) is 30.6 Å². The Morgan fingerprint density at radius 1 is 1.21 bits per heavy atom. The van der Waals surface area contributed by atoms with Gasteiger partial charge in [-0.1, -0.05) is 12.1 Å². The Bertz CT molecular complexity index is 1390. The van der Waals surface area contributed by atoms with Crippen molar-refractivity contribution in [2.75, 3.05) is 5.32 Å². The van der Waals surface area contributed by atoms with Crippen LogP contribution in [0.4, 0.5) is 10.2 Å². The topological polar surface area (TPSA) is 112 Å². The van der Waals surface area contributed by atoms with Crippen LogP contribution in [0.1, 0.15) is 24.8 Å². The van der Waals surface area contributed by atoms with Crippen LogP contribution >= 0.6 is 15.9 Å². The first kappa shape index (κ1) is 21.7. The van der Waals surface area contributed by atoms with Gasteiger partial charge in [0.2, 0.25) is 0 Å². The molecule has 2 bridgehead atoms. The van der Waals surface area contributed by atoms with Crippen LogP contribution in [0, 0.1) is 23.6 Å². The Labute approximate surface area is 203 Å². The van der Waals surface area contributed by atoms with Crippen molar-refractivity contribution < 1.29 is 22.7 Å². The van der Waals surface area contributed by atoms with Crippen LogP contribution in [0.5, 0.6) is 0 Å². The van der Waals surface area contributed by atoms with Gasteiger partial charge in [0.15, 0.2) is 11.7 Å². The lowest BCUT2D eigenvalue weighted by Gasteiger charge is -2.44. The molecule has 2 unspecified atom stereocenters. The standard InChI is InChI=1S/C23H20BrFN4O4S/c24-14-8-16-21(26-9-14)27-22(28-34(16,32)33)18-20(30)17-12-3-4-13(7-12)19(17)29(23(18)31)10-11-1-5-15(25)6-2-11/h1-2,5-6,8-9,12-13,17,19,30H,3-4,7,10H2,(H,26,27,28)/t12-,13+,17?,19?/m0/s1.